The van der Waals surface area contributed by atoms with Crippen molar-refractivity contribution in [1.82, 2.24) is 4.90 Å². The largest absolute Gasteiger partial charge is 0.495 e. The number of rotatable bonds is 4. The molecule has 0 radical (unpaired) electrons. The number of benzene rings is 1. The zero-order chi connectivity index (χ0) is 16.2. The highest BCUT2D eigenvalue weighted by molar-refractivity contribution is 5.91. The van der Waals surface area contributed by atoms with Crippen molar-refractivity contribution in [3.05, 3.63) is 24.0 Å². The normalized spacial score (nSPS) is 12.7. The van der Waals surface area contributed by atoms with Crippen molar-refractivity contribution >= 4 is 11.7 Å². The maximum Gasteiger partial charge on any atom is 0.322 e. The Labute approximate surface area is 124 Å². The van der Waals surface area contributed by atoms with E-state index in [1.165, 1.54) is 30.2 Å². The first-order valence-corrected chi connectivity index (χ1v) is 6.69. The Morgan fingerprint density at radius 3 is 2.57 bits per heavy atom. The molecule has 0 aliphatic carbocycles. The summed E-state index contributed by atoms with van der Waals surface area (Å²) in [5, 5.41) is 12.1. The fourth-order valence-corrected chi connectivity index (χ4v) is 2.10. The Kier molecular flexibility index (Phi) is 5.54. The number of aliphatic hydroxyl groups excluding tert-OH is 1. The third-order valence-electron chi connectivity index (χ3n) is 3.36. The lowest BCUT2D eigenvalue weighted by atomic mass is 9.86. The van der Waals surface area contributed by atoms with E-state index in [0.29, 0.717) is 5.75 Å². The van der Waals surface area contributed by atoms with Gasteiger partial charge in [0.05, 0.1) is 25.4 Å². The third-order valence-corrected chi connectivity index (χ3v) is 3.36. The summed E-state index contributed by atoms with van der Waals surface area (Å²) >= 11 is 0. The first kappa shape index (κ1) is 17.2. The summed E-state index contributed by atoms with van der Waals surface area (Å²) < 4.78 is 18.4. The quantitative estimate of drug-likeness (QED) is 0.898. The second-order valence-corrected chi connectivity index (χ2v) is 5.95. The van der Waals surface area contributed by atoms with E-state index < -0.39 is 11.8 Å². The second kappa shape index (κ2) is 6.76. The van der Waals surface area contributed by atoms with E-state index in [-0.39, 0.29) is 23.8 Å². The van der Waals surface area contributed by atoms with Crippen LogP contribution in [0.25, 0.3) is 0 Å². The second-order valence-electron chi connectivity index (χ2n) is 5.95. The van der Waals surface area contributed by atoms with Gasteiger partial charge >= 0.3 is 6.03 Å². The average molecular weight is 298 g/mol. The molecule has 0 fully saturated rings. The summed E-state index contributed by atoms with van der Waals surface area (Å²) in [6, 6.07) is 3.09. The Bertz CT molecular complexity index is 500. The predicted molar refractivity (Wildman–Crippen MR) is 80.1 cm³/mol. The summed E-state index contributed by atoms with van der Waals surface area (Å²) in [5.74, 6) is -0.0993. The lowest BCUT2D eigenvalue weighted by molar-refractivity contribution is 0.0885. The summed E-state index contributed by atoms with van der Waals surface area (Å²) in [6.45, 7) is 5.63. The standard InChI is InChI=1S/C15H23FN2O3/c1-15(2,3)13(9-19)18(4)14(20)17-11-8-10(16)6-7-12(11)21-5/h6-8,13,19H,9H2,1-5H3,(H,17,20). The molecule has 0 heterocycles. The van der Waals surface area contributed by atoms with Crippen LogP contribution in [0.5, 0.6) is 5.75 Å². The van der Waals surface area contributed by atoms with Gasteiger partial charge in [0.25, 0.3) is 0 Å². The third kappa shape index (κ3) is 4.32. The van der Waals surface area contributed by atoms with E-state index in [9.17, 15) is 14.3 Å². The molecule has 1 aromatic rings. The van der Waals surface area contributed by atoms with Crippen LogP contribution in [-0.4, -0.2) is 42.8 Å². The monoisotopic (exact) mass is 298 g/mol. The van der Waals surface area contributed by atoms with Crippen LogP contribution in [0, 0.1) is 11.2 Å². The fourth-order valence-electron chi connectivity index (χ4n) is 2.10. The van der Waals surface area contributed by atoms with Crippen LogP contribution in [0.15, 0.2) is 18.2 Å². The van der Waals surface area contributed by atoms with Gasteiger partial charge in [0, 0.05) is 13.1 Å². The number of aliphatic hydroxyl groups is 1. The summed E-state index contributed by atoms with van der Waals surface area (Å²) in [4.78, 5) is 13.7. The van der Waals surface area contributed by atoms with E-state index in [1.807, 2.05) is 20.8 Å². The Hall–Kier alpha value is -1.82. The number of nitrogens with one attached hydrogen (secondary N) is 1. The van der Waals surface area contributed by atoms with Gasteiger partial charge in [-0.15, -0.1) is 0 Å². The number of carbonyl (C=O) groups excluding carboxylic acids is 1. The van der Waals surface area contributed by atoms with Crippen molar-refractivity contribution in [2.24, 2.45) is 5.41 Å². The van der Waals surface area contributed by atoms with Gasteiger partial charge in [-0.3, -0.25) is 0 Å². The highest BCUT2D eigenvalue weighted by Crippen LogP contribution is 2.27. The van der Waals surface area contributed by atoms with Crippen LogP contribution in [0.1, 0.15) is 20.8 Å². The number of ether oxygens (including phenoxy) is 1. The van der Waals surface area contributed by atoms with Crippen molar-refractivity contribution in [2.45, 2.75) is 26.8 Å². The lowest BCUT2D eigenvalue weighted by Gasteiger charge is -2.36. The number of hydrogen-bond acceptors (Lipinski definition) is 3. The van der Waals surface area contributed by atoms with Crippen molar-refractivity contribution in [3.63, 3.8) is 0 Å². The molecule has 21 heavy (non-hydrogen) atoms. The van der Waals surface area contributed by atoms with Crippen LogP contribution in [0.2, 0.25) is 0 Å². The van der Waals surface area contributed by atoms with Crippen molar-refractivity contribution in [3.8, 4) is 5.75 Å². The number of amides is 2. The highest BCUT2D eigenvalue weighted by atomic mass is 19.1. The van der Waals surface area contributed by atoms with Gasteiger partial charge in [-0.2, -0.15) is 0 Å². The Balaban J connectivity index is 2.93. The topological polar surface area (TPSA) is 61.8 Å². The molecule has 0 spiro atoms. The molecule has 118 valence electrons. The molecule has 0 bridgehead atoms. The molecule has 1 atom stereocenters. The molecular formula is C15H23FN2O3. The van der Waals surface area contributed by atoms with Crippen LogP contribution in [0.4, 0.5) is 14.9 Å². The number of anilines is 1. The average Bonchev–Trinajstić information content (AvgIpc) is 2.38. The van der Waals surface area contributed by atoms with Crippen molar-refractivity contribution in [2.75, 3.05) is 26.1 Å². The first-order chi connectivity index (χ1) is 9.70. The SMILES string of the molecule is COc1ccc(F)cc1NC(=O)N(C)C(CO)C(C)(C)C. The number of likely N-dealkylation sites (N-methyl/N-ethyl adjacent to an activating group) is 1. The number of urea groups is 1. The molecule has 1 aromatic carbocycles. The van der Waals surface area contributed by atoms with E-state index in [2.05, 4.69) is 5.32 Å². The molecular weight excluding hydrogens is 275 g/mol. The number of methoxy groups -OCH3 is 1. The molecule has 0 aromatic heterocycles. The maximum atomic E-state index is 13.3. The van der Waals surface area contributed by atoms with Gasteiger partial charge in [-0.05, 0) is 17.5 Å². The van der Waals surface area contributed by atoms with Gasteiger partial charge in [0.2, 0.25) is 0 Å². The fraction of sp³-hybridized carbons (Fsp3) is 0.533. The summed E-state index contributed by atoms with van der Waals surface area (Å²) in [6.07, 6.45) is 0. The molecule has 1 rings (SSSR count). The number of hydrogen-bond donors (Lipinski definition) is 2. The minimum absolute atomic E-state index is 0.159. The van der Waals surface area contributed by atoms with E-state index in [4.69, 9.17) is 4.74 Å². The molecule has 0 saturated heterocycles. The molecule has 2 N–H and O–H groups in total. The van der Waals surface area contributed by atoms with Crippen molar-refractivity contribution < 1.29 is 19.0 Å². The van der Waals surface area contributed by atoms with Gasteiger partial charge in [-0.25, -0.2) is 9.18 Å². The molecule has 0 aliphatic heterocycles. The zero-order valence-corrected chi connectivity index (χ0v) is 13.1. The van der Waals surface area contributed by atoms with Crippen LogP contribution >= 0.6 is 0 Å². The zero-order valence-electron chi connectivity index (χ0n) is 13.1. The maximum absolute atomic E-state index is 13.3. The van der Waals surface area contributed by atoms with E-state index in [1.54, 1.807) is 7.05 Å². The smallest absolute Gasteiger partial charge is 0.322 e. The van der Waals surface area contributed by atoms with Crippen LogP contribution in [0.3, 0.4) is 0 Å². The summed E-state index contributed by atoms with van der Waals surface area (Å²) in [7, 11) is 3.03. The van der Waals surface area contributed by atoms with Gasteiger partial charge in [-0.1, -0.05) is 20.8 Å². The predicted octanol–water partition coefficient (Wildman–Crippen LogP) is 2.71. The number of halogens is 1. The van der Waals surface area contributed by atoms with Crippen LogP contribution in [-0.2, 0) is 0 Å². The molecule has 5 nitrogen and oxygen atoms in total. The van der Waals surface area contributed by atoms with E-state index >= 15 is 0 Å². The molecule has 1 unspecified atom stereocenters. The number of carbonyl (C=O) groups is 1. The number of nitrogens with zero attached hydrogens (tertiary/aromatic N) is 1. The highest BCUT2D eigenvalue weighted by Gasteiger charge is 2.30. The Morgan fingerprint density at radius 2 is 2.10 bits per heavy atom. The Morgan fingerprint density at radius 1 is 1.48 bits per heavy atom. The van der Waals surface area contributed by atoms with Crippen molar-refractivity contribution in [1.29, 1.82) is 0 Å². The van der Waals surface area contributed by atoms with Gasteiger partial charge < -0.3 is 20.1 Å². The van der Waals surface area contributed by atoms with E-state index in [0.717, 1.165) is 0 Å². The lowest BCUT2D eigenvalue weighted by Crippen LogP contribution is -2.48. The summed E-state index contributed by atoms with van der Waals surface area (Å²) in [5.41, 5.74) is -0.0349. The minimum atomic E-state index is -0.469. The first-order valence-electron chi connectivity index (χ1n) is 6.69. The van der Waals surface area contributed by atoms with Crippen LogP contribution < -0.4 is 10.1 Å². The molecule has 6 heteroatoms. The minimum Gasteiger partial charge on any atom is -0.495 e. The van der Waals surface area contributed by atoms with Gasteiger partial charge in [0.1, 0.15) is 11.6 Å². The molecule has 0 aliphatic rings. The molecule has 0 saturated carbocycles. The van der Waals surface area contributed by atoms with Gasteiger partial charge in [0.15, 0.2) is 0 Å². The molecule has 2 amide bonds.